The highest BCUT2D eigenvalue weighted by molar-refractivity contribution is 5.96. The fourth-order valence-electron chi connectivity index (χ4n) is 2.72. The lowest BCUT2D eigenvalue weighted by atomic mass is 9.97. The van der Waals surface area contributed by atoms with Gasteiger partial charge in [-0.15, -0.1) is 23.3 Å². The van der Waals surface area contributed by atoms with Gasteiger partial charge in [0.25, 0.3) is 5.09 Å². The largest absolute Gasteiger partial charge is 0.573 e. The van der Waals surface area contributed by atoms with E-state index in [2.05, 4.69) is 23.8 Å². The van der Waals surface area contributed by atoms with E-state index in [4.69, 9.17) is 4.74 Å². The molecule has 1 atom stereocenters. The number of aryl methyl sites for hydroxylation is 1. The molecule has 0 fully saturated rings. The third kappa shape index (κ3) is 8.11. The maximum absolute atomic E-state index is 13.6. The Labute approximate surface area is 191 Å². The summed E-state index contributed by atoms with van der Waals surface area (Å²) < 4.78 is 100. The number of hydrogen-bond donors (Lipinski definition) is 0. The number of carbonyl (C=O) groups excluding carboxylic acids is 2. The number of hydrogen-bond acceptors (Lipinski definition) is 10. The average molecular weight is 519 g/mol. The molecule has 11 nitrogen and oxygen atoms in total. The van der Waals surface area contributed by atoms with Gasteiger partial charge in [-0.25, -0.2) is 9.59 Å². The third-order valence-electron chi connectivity index (χ3n) is 4.01. The van der Waals surface area contributed by atoms with Crippen molar-refractivity contribution in [2.24, 2.45) is 0 Å². The van der Waals surface area contributed by atoms with Crippen molar-refractivity contribution in [1.29, 1.82) is 0 Å². The molecule has 1 aliphatic rings. The van der Waals surface area contributed by atoms with Gasteiger partial charge in [-0.1, -0.05) is 6.92 Å². The molecule has 0 bridgehead atoms. The highest BCUT2D eigenvalue weighted by atomic mass is 19.4. The molecule has 1 aromatic rings. The molecule has 17 heteroatoms. The molecule has 1 aromatic carbocycles. The fourth-order valence-corrected chi connectivity index (χ4v) is 2.72. The van der Waals surface area contributed by atoms with Crippen LogP contribution in [0.1, 0.15) is 18.1 Å². The monoisotopic (exact) mass is 519 g/mol. The Morgan fingerprint density at radius 1 is 1.09 bits per heavy atom. The van der Waals surface area contributed by atoms with Crippen LogP contribution in [-0.2, 0) is 30.3 Å². The van der Waals surface area contributed by atoms with Crippen LogP contribution in [0.25, 0.3) is 6.08 Å². The topological polar surface area (TPSA) is 133 Å². The molecule has 0 amide bonds. The molecule has 0 radical (unpaired) electrons. The molecule has 0 saturated heterocycles. The molecule has 35 heavy (non-hydrogen) atoms. The van der Waals surface area contributed by atoms with Crippen molar-refractivity contribution in [2.45, 2.75) is 32.0 Å². The lowest BCUT2D eigenvalue weighted by Crippen LogP contribution is -2.41. The van der Waals surface area contributed by atoms with Crippen LogP contribution in [0.2, 0.25) is 0 Å². The molecule has 0 aromatic heterocycles. The number of carbonyl (C=O) groups is 2. The summed E-state index contributed by atoms with van der Waals surface area (Å²) in [5.74, 6) is -2.82. The van der Waals surface area contributed by atoms with Crippen molar-refractivity contribution in [2.75, 3.05) is 20.0 Å². The molecule has 1 heterocycles. The Morgan fingerprint density at radius 2 is 1.77 bits per heavy atom. The number of rotatable bonds is 9. The van der Waals surface area contributed by atoms with Crippen LogP contribution in [0.3, 0.4) is 0 Å². The van der Waals surface area contributed by atoms with Crippen molar-refractivity contribution < 1.29 is 69.5 Å². The van der Waals surface area contributed by atoms with Crippen molar-refractivity contribution >= 4 is 18.2 Å². The SMILES string of the molecule is CCc1cc(OC(F)(F)F)cc2c1O[C@H](C(F)(F)F)C(C(=O)OCOC(=O)OCCO[N+](=O)[O-])=C2. The average Bonchev–Trinajstić information content (AvgIpc) is 2.73. The normalized spacial score (nSPS) is 15.2. The maximum Gasteiger partial charge on any atom is 0.573 e. The van der Waals surface area contributed by atoms with Gasteiger partial charge < -0.3 is 28.5 Å². The van der Waals surface area contributed by atoms with Gasteiger partial charge in [0.15, 0.2) is 0 Å². The second kappa shape index (κ2) is 11.0. The van der Waals surface area contributed by atoms with Gasteiger partial charge >= 0.3 is 24.7 Å². The van der Waals surface area contributed by atoms with Gasteiger partial charge in [-0.3, -0.25) is 0 Å². The first-order valence-electron chi connectivity index (χ1n) is 9.33. The van der Waals surface area contributed by atoms with Gasteiger partial charge in [0.1, 0.15) is 24.7 Å². The number of alkyl halides is 6. The van der Waals surface area contributed by atoms with E-state index in [1.807, 2.05) is 0 Å². The smallest absolute Gasteiger partial charge is 0.475 e. The van der Waals surface area contributed by atoms with E-state index in [9.17, 15) is 46.0 Å². The predicted octanol–water partition coefficient (Wildman–Crippen LogP) is 3.72. The van der Waals surface area contributed by atoms with E-state index in [0.29, 0.717) is 6.08 Å². The lowest BCUT2D eigenvalue weighted by molar-refractivity contribution is -0.757. The molecule has 0 aliphatic carbocycles. The van der Waals surface area contributed by atoms with Crippen LogP contribution in [0.15, 0.2) is 17.7 Å². The summed E-state index contributed by atoms with van der Waals surface area (Å²) in [5.41, 5.74) is -1.51. The summed E-state index contributed by atoms with van der Waals surface area (Å²) in [6.07, 6.45) is -14.0. The Bertz CT molecular complexity index is 991. The summed E-state index contributed by atoms with van der Waals surface area (Å²) >= 11 is 0. The van der Waals surface area contributed by atoms with Gasteiger partial charge in [-0.05, 0) is 30.2 Å². The number of nitrogens with zero attached hydrogens (tertiary/aromatic N) is 1. The van der Waals surface area contributed by atoms with Crippen LogP contribution < -0.4 is 9.47 Å². The summed E-state index contributed by atoms with van der Waals surface area (Å²) in [4.78, 5) is 37.3. The predicted molar refractivity (Wildman–Crippen MR) is 97.3 cm³/mol. The Morgan fingerprint density at radius 3 is 2.34 bits per heavy atom. The molecule has 0 N–H and O–H groups in total. The summed E-state index contributed by atoms with van der Waals surface area (Å²) in [5, 5.41) is 8.77. The first-order chi connectivity index (χ1) is 16.2. The van der Waals surface area contributed by atoms with Crippen LogP contribution in [-0.4, -0.2) is 55.9 Å². The minimum absolute atomic E-state index is 0.0295. The van der Waals surface area contributed by atoms with E-state index in [0.717, 1.165) is 12.1 Å². The molecule has 2 rings (SSSR count). The van der Waals surface area contributed by atoms with Crippen molar-refractivity contribution in [3.8, 4) is 11.5 Å². The highest BCUT2D eigenvalue weighted by Crippen LogP contribution is 2.42. The fraction of sp³-hybridized carbons (Fsp3) is 0.444. The second-order valence-electron chi connectivity index (χ2n) is 6.39. The zero-order valence-electron chi connectivity index (χ0n) is 17.4. The molecule has 194 valence electrons. The van der Waals surface area contributed by atoms with E-state index in [1.54, 1.807) is 0 Å². The zero-order chi connectivity index (χ0) is 26.4. The Kier molecular flexibility index (Phi) is 8.59. The Balaban J connectivity index is 2.18. The number of ether oxygens (including phenoxy) is 5. The van der Waals surface area contributed by atoms with Crippen molar-refractivity contribution in [3.63, 3.8) is 0 Å². The molecule has 0 spiro atoms. The van der Waals surface area contributed by atoms with E-state index in [1.165, 1.54) is 6.92 Å². The number of esters is 1. The third-order valence-corrected chi connectivity index (χ3v) is 4.01. The minimum atomic E-state index is -5.13. The van der Waals surface area contributed by atoms with Crippen molar-refractivity contribution in [1.82, 2.24) is 0 Å². The summed E-state index contributed by atoms with van der Waals surface area (Å²) in [6.45, 7) is -1.04. The van der Waals surface area contributed by atoms with E-state index in [-0.39, 0.29) is 17.5 Å². The van der Waals surface area contributed by atoms with Crippen LogP contribution in [0.5, 0.6) is 11.5 Å². The standard InChI is InChI=1S/C18H15F6NO10/c1-2-9-5-11(35-18(22,23)24)6-10-7-12(14(17(19,20)21)34-13(9)10)15(26)31-8-32-16(27)30-3-4-33-25(28)29/h5-7,14H,2-4,8H2,1H3/t14-/m0/s1. The van der Waals surface area contributed by atoms with Crippen LogP contribution in [0, 0.1) is 10.1 Å². The number of benzene rings is 1. The minimum Gasteiger partial charge on any atom is -0.475 e. The second-order valence-corrected chi connectivity index (χ2v) is 6.39. The molecule has 0 unspecified atom stereocenters. The van der Waals surface area contributed by atoms with E-state index >= 15 is 0 Å². The molecule has 1 aliphatic heterocycles. The van der Waals surface area contributed by atoms with Gasteiger partial charge in [0, 0.05) is 5.56 Å². The Hall–Kier alpha value is -3.92. The van der Waals surface area contributed by atoms with Gasteiger partial charge in [-0.2, -0.15) is 13.2 Å². The lowest BCUT2D eigenvalue weighted by Gasteiger charge is -2.29. The summed E-state index contributed by atoms with van der Waals surface area (Å²) in [6, 6.07) is 1.58. The van der Waals surface area contributed by atoms with Crippen LogP contribution >= 0.6 is 0 Å². The first-order valence-corrected chi connectivity index (χ1v) is 9.33. The van der Waals surface area contributed by atoms with E-state index < -0.39 is 72.9 Å². The van der Waals surface area contributed by atoms with Gasteiger partial charge in [0.2, 0.25) is 12.9 Å². The van der Waals surface area contributed by atoms with Crippen molar-refractivity contribution in [3.05, 3.63) is 38.9 Å². The zero-order valence-corrected chi connectivity index (χ0v) is 17.4. The highest BCUT2D eigenvalue weighted by Gasteiger charge is 2.49. The quantitative estimate of drug-likeness (QED) is 0.119. The molecular formula is C18H15F6NO10. The molecule has 0 saturated carbocycles. The first kappa shape index (κ1) is 27.3. The number of halogens is 6. The molecular weight excluding hydrogens is 504 g/mol. The summed E-state index contributed by atoms with van der Waals surface area (Å²) in [7, 11) is 0. The van der Waals surface area contributed by atoms with Crippen LogP contribution in [0.4, 0.5) is 31.1 Å². The van der Waals surface area contributed by atoms with Gasteiger partial charge in [0.05, 0.1) is 5.57 Å². The maximum atomic E-state index is 13.6. The number of fused-ring (bicyclic) bond motifs is 1.